The van der Waals surface area contributed by atoms with E-state index < -0.39 is 23.3 Å². The van der Waals surface area contributed by atoms with Crippen LogP contribution in [0.1, 0.15) is 18.1 Å². The molecule has 0 saturated heterocycles. The first-order valence-electron chi connectivity index (χ1n) is 4.84. The number of anilines is 1. The van der Waals surface area contributed by atoms with Crippen LogP contribution in [-0.4, -0.2) is 5.91 Å². The summed E-state index contributed by atoms with van der Waals surface area (Å²) in [5, 5.41) is 10.7. The topological polar surface area (TPSA) is 52.9 Å². The molecule has 0 spiro atoms. The van der Waals surface area contributed by atoms with Gasteiger partial charge in [-0.3, -0.25) is 4.79 Å². The minimum absolute atomic E-state index is 0.0903. The van der Waals surface area contributed by atoms with E-state index in [4.69, 9.17) is 5.26 Å². The van der Waals surface area contributed by atoms with Crippen molar-refractivity contribution in [2.24, 2.45) is 0 Å². The maximum atomic E-state index is 12.7. The largest absolute Gasteiger partial charge is 0.418 e. The highest BCUT2D eigenvalue weighted by atomic mass is 19.4. The summed E-state index contributed by atoms with van der Waals surface area (Å²) in [5.41, 5.74) is -1.49. The van der Waals surface area contributed by atoms with Crippen LogP contribution in [-0.2, 0) is 11.0 Å². The Morgan fingerprint density at radius 3 is 2.50 bits per heavy atom. The van der Waals surface area contributed by atoms with Gasteiger partial charge in [-0.25, -0.2) is 0 Å². The zero-order chi connectivity index (χ0) is 13.9. The third kappa shape index (κ3) is 3.10. The molecule has 6 heteroatoms. The third-order valence-electron chi connectivity index (χ3n) is 2.09. The number of halogens is 3. The first kappa shape index (κ1) is 13.8. The highest BCUT2D eigenvalue weighted by Gasteiger charge is 2.34. The lowest BCUT2D eigenvalue weighted by molar-refractivity contribution is -0.137. The van der Waals surface area contributed by atoms with E-state index in [1.165, 1.54) is 13.0 Å². The maximum Gasteiger partial charge on any atom is 0.418 e. The summed E-state index contributed by atoms with van der Waals surface area (Å²) in [6, 6.07) is 4.54. The molecule has 1 rings (SSSR count). The molecule has 1 aromatic rings. The normalized spacial score (nSPS) is 10.6. The van der Waals surface area contributed by atoms with Crippen LogP contribution in [0, 0.1) is 11.3 Å². The number of benzene rings is 1. The molecule has 0 fully saturated rings. The van der Waals surface area contributed by atoms with Gasteiger partial charge in [-0.15, -0.1) is 0 Å². The highest BCUT2D eigenvalue weighted by molar-refractivity contribution is 6.03. The van der Waals surface area contributed by atoms with Crippen LogP contribution >= 0.6 is 0 Å². The van der Waals surface area contributed by atoms with Crippen LogP contribution < -0.4 is 5.32 Å². The van der Waals surface area contributed by atoms with Gasteiger partial charge in [0.25, 0.3) is 5.91 Å². The van der Waals surface area contributed by atoms with E-state index in [0.717, 1.165) is 6.07 Å². The predicted molar refractivity (Wildman–Crippen MR) is 59.6 cm³/mol. The third-order valence-corrected chi connectivity index (χ3v) is 2.09. The van der Waals surface area contributed by atoms with E-state index in [1.54, 1.807) is 6.07 Å². The molecular formula is C12H9F3N2O. The fraction of sp³-hybridized carbons (Fsp3) is 0.167. The molecule has 18 heavy (non-hydrogen) atoms. The van der Waals surface area contributed by atoms with Gasteiger partial charge in [0.2, 0.25) is 0 Å². The van der Waals surface area contributed by atoms with Crippen molar-refractivity contribution in [2.45, 2.75) is 13.1 Å². The molecule has 1 aromatic carbocycles. The molecule has 0 unspecified atom stereocenters. The Bertz CT molecular complexity index is 541. The first-order valence-corrected chi connectivity index (χ1v) is 4.84. The zero-order valence-electron chi connectivity index (χ0n) is 9.43. The summed E-state index contributed by atoms with van der Waals surface area (Å²) in [5.74, 6) is -0.704. The molecule has 0 heterocycles. The maximum absolute atomic E-state index is 12.7. The number of nitrogens with one attached hydrogen (secondary N) is 1. The quantitative estimate of drug-likeness (QED) is 0.824. The van der Waals surface area contributed by atoms with Gasteiger partial charge in [-0.1, -0.05) is 6.58 Å². The Kier molecular flexibility index (Phi) is 3.76. The summed E-state index contributed by atoms with van der Waals surface area (Å²) < 4.78 is 38.2. The minimum atomic E-state index is -4.65. The van der Waals surface area contributed by atoms with E-state index in [9.17, 15) is 18.0 Å². The number of hydrogen-bond acceptors (Lipinski definition) is 2. The van der Waals surface area contributed by atoms with E-state index in [1.807, 2.05) is 0 Å². The van der Waals surface area contributed by atoms with Crippen LogP contribution in [0.3, 0.4) is 0 Å². The number of hydrogen-bond donors (Lipinski definition) is 1. The lowest BCUT2D eigenvalue weighted by Gasteiger charge is -2.13. The van der Waals surface area contributed by atoms with Crippen molar-refractivity contribution >= 4 is 11.6 Å². The van der Waals surface area contributed by atoms with E-state index in [2.05, 4.69) is 11.9 Å². The molecule has 1 amide bonds. The molecule has 0 atom stereocenters. The van der Waals surface area contributed by atoms with Crippen molar-refractivity contribution in [3.05, 3.63) is 41.5 Å². The van der Waals surface area contributed by atoms with Crippen LogP contribution in [0.5, 0.6) is 0 Å². The van der Waals surface area contributed by atoms with E-state index in [-0.39, 0.29) is 11.1 Å². The molecule has 0 radical (unpaired) electrons. The number of nitriles is 1. The van der Waals surface area contributed by atoms with E-state index >= 15 is 0 Å². The van der Waals surface area contributed by atoms with Gasteiger partial charge < -0.3 is 5.32 Å². The number of amides is 1. The molecule has 0 bridgehead atoms. The standard InChI is InChI=1S/C12H9F3N2O/c1-7(2)11(18)17-10-4-3-8(6-16)5-9(10)12(13,14)15/h3-5H,1H2,2H3,(H,17,18). The summed E-state index contributed by atoms with van der Waals surface area (Å²) in [7, 11) is 0. The van der Waals surface area contributed by atoms with Gasteiger partial charge in [0, 0.05) is 5.57 Å². The number of alkyl halides is 3. The van der Waals surface area contributed by atoms with Crippen molar-refractivity contribution in [1.82, 2.24) is 0 Å². The molecular weight excluding hydrogens is 245 g/mol. The fourth-order valence-electron chi connectivity index (χ4n) is 1.19. The van der Waals surface area contributed by atoms with Gasteiger partial charge in [0.05, 0.1) is 22.9 Å². The zero-order valence-corrected chi connectivity index (χ0v) is 9.43. The second kappa shape index (κ2) is 4.92. The number of carbonyl (C=O) groups is 1. The molecule has 0 aliphatic rings. The average molecular weight is 254 g/mol. The van der Waals surface area contributed by atoms with Crippen LogP contribution in [0.2, 0.25) is 0 Å². The second-order valence-corrected chi connectivity index (χ2v) is 3.60. The lowest BCUT2D eigenvalue weighted by Crippen LogP contribution is -2.17. The molecule has 0 saturated carbocycles. The molecule has 1 N–H and O–H groups in total. The Morgan fingerprint density at radius 1 is 1.44 bits per heavy atom. The highest BCUT2D eigenvalue weighted by Crippen LogP contribution is 2.35. The van der Waals surface area contributed by atoms with Crippen molar-refractivity contribution in [3.63, 3.8) is 0 Å². The Balaban J connectivity index is 3.24. The van der Waals surface area contributed by atoms with Crippen LogP contribution in [0.25, 0.3) is 0 Å². The molecule has 0 aromatic heterocycles. The molecule has 3 nitrogen and oxygen atoms in total. The van der Waals surface area contributed by atoms with Gasteiger partial charge in [-0.2, -0.15) is 18.4 Å². The summed E-state index contributed by atoms with van der Waals surface area (Å²) in [4.78, 5) is 11.3. The Labute approximate surface area is 102 Å². The minimum Gasteiger partial charge on any atom is -0.322 e. The monoisotopic (exact) mass is 254 g/mol. The Morgan fingerprint density at radius 2 is 2.06 bits per heavy atom. The second-order valence-electron chi connectivity index (χ2n) is 3.60. The van der Waals surface area contributed by atoms with Crippen molar-refractivity contribution in [2.75, 3.05) is 5.32 Å². The fourth-order valence-corrected chi connectivity index (χ4v) is 1.19. The molecule has 94 valence electrons. The van der Waals surface area contributed by atoms with E-state index in [0.29, 0.717) is 6.07 Å². The van der Waals surface area contributed by atoms with Gasteiger partial charge >= 0.3 is 6.18 Å². The van der Waals surface area contributed by atoms with Gasteiger partial charge in [-0.05, 0) is 25.1 Å². The summed E-state index contributed by atoms with van der Waals surface area (Å²) in [6.45, 7) is 4.71. The van der Waals surface area contributed by atoms with Crippen LogP contribution in [0.15, 0.2) is 30.4 Å². The smallest absolute Gasteiger partial charge is 0.322 e. The van der Waals surface area contributed by atoms with Gasteiger partial charge in [0.1, 0.15) is 0 Å². The lowest BCUT2D eigenvalue weighted by atomic mass is 10.1. The predicted octanol–water partition coefficient (Wildman–Crippen LogP) is 3.09. The number of rotatable bonds is 2. The molecule has 0 aliphatic heterocycles. The average Bonchev–Trinajstić information content (AvgIpc) is 2.27. The van der Waals surface area contributed by atoms with Crippen molar-refractivity contribution in [1.29, 1.82) is 5.26 Å². The summed E-state index contributed by atoms with van der Waals surface area (Å²) >= 11 is 0. The van der Waals surface area contributed by atoms with Crippen LogP contribution in [0.4, 0.5) is 18.9 Å². The molecule has 0 aliphatic carbocycles. The van der Waals surface area contributed by atoms with Crippen molar-refractivity contribution < 1.29 is 18.0 Å². The SMILES string of the molecule is C=C(C)C(=O)Nc1ccc(C#N)cc1C(F)(F)F. The van der Waals surface area contributed by atoms with Gasteiger partial charge in [0.15, 0.2) is 0 Å². The Hall–Kier alpha value is -2.29. The summed E-state index contributed by atoms with van der Waals surface area (Å²) in [6.07, 6.45) is -4.65. The number of nitrogens with zero attached hydrogens (tertiary/aromatic N) is 1. The van der Waals surface area contributed by atoms with Crippen molar-refractivity contribution in [3.8, 4) is 6.07 Å². The number of carbonyl (C=O) groups excluding carboxylic acids is 1. The first-order chi connectivity index (χ1) is 8.25.